The number of rotatable bonds is 5. The first-order chi connectivity index (χ1) is 14.8. The summed E-state index contributed by atoms with van der Waals surface area (Å²) in [6, 6.07) is 27.3. The molecule has 0 amide bonds. The van der Waals surface area contributed by atoms with E-state index >= 15 is 0 Å². The minimum Gasteiger partial charge on any atom is -0.310 e. The molecular formula is C26H22FN3. The Labute approximate surface area is 175 Å². The Hall–Kier alpha value is -3.66. The van der Waals surface area contributed by atoms with Crippen LogP contribution >= 0.6 is 0 Å². The molecule has 0 fully saturated rings. The van der Waals surface area contributed by atoms with Gasteiger partial charge in [-0.2, -0.15) is 0 Å². The fourth-order valence-electron chi connectivity index (χ4n) is 4.00. The molecule has 0 spiro atoms. The normalized spacial score (nSPS) is 11.3. The number of imidazole rings is 2. The minimum atomic E-state index is -0.228. The van der Waals surface area contributed by atoms with Gasteiger partial charge in [0.1, 0.15) is 5.82 Å². The van der Waals surface area contributed by atoms with E-state index in [-0.39, 0.29) is 5.82 Å². The van der Waals surface area contributed by atoms with Crippen molar-refractivity contribution >= 4 is 5.78 Å². The lowest BCUT2D eigenvalue weighted by molar-refractivity contribution is 0.628. The number of fused-ring (bicyclic) bond motifs is 1. The number of aromatic nitrogens is 3. The summed E-state index contributed by atoms with van der Waals surface area (Å²) in [5.74, 6) is 0.669. The molecule has 0 aliphatic rings. The van der Waals surface area contributed by atoms with Crippen molar-refractivity contribution in [2.75, 3.05) is 0 Å². The maximum Gasteiger partial charge on any atom is 0.215 e. The van der Waals surface area contributed by atoms with Gasteiger partial charge in [0.25, 0.3) is 0 Å². The Bertz CT molecular complexity index is 1280. The first-order valence-corrected chi connectivity index (χ1v) is 10.2. The third kappa shape index (κ3) is 3.11. The highest BCUT2D eigenvalue weighted by Crippen LogP contribution is 2.35. The quantitative estimate of drug-likeness (QED) is 0.325. The van der Waals surface area contributed by atoms with E-state index in [2.05, 4.69) is 46.4 Å². The van der Waals surface area contributed by atoms with Gasteiger partial charge in [-0.1, -0.05) is 67.6 Å². The van der Waals surface area contributed by atoms with Crippen molar-refractivity contribution in [3.8, 4) is 33.8 Å². The molecule has 4 heteroatoms. The molecule has 5 aromatic rings. The van der Waals surface area contributed by atoms with E-state index in [1.165, 1.54) is 12.1 Å². The van der Waals surface area contributed by atoms with Gasteiger partial charge in [-0.15, -0.1) is 0 Å². The van der Waals surface area contributed by atoms with Gasteiger partial charge >= 0.3 is 0 Å². The van der Waals surface area contributed by atoms with Crippen LogP contribution in [0.3, 0.4) is 0 Å². The highest BCUT2D eigenvalue weighted by Gasteiger charge is 2.21. The molecule has 0 unspecified atom stereocenters. The Balaban J connectivity index is 1.81. The molecule has 0 aliphatic heterocycles. The van der Waals surface area contributed by atoms with Gasteiger partial charge in [-0.3, -0.25) is 4.40 Å². The van der Waals surface area contributed by atoms with Crippen LogP contribution in [0.1, 0.15) is 13.3 Å². The summed E-state index contributed by atoms with van der Waals surface area (Å²) < 4.78 is 17.9. The number of halogens is 1. The predicted octanol–water partition coefficient (Wildman–Crippen LogP) is 6.69. The molecule has 0 N–H and O–H groups in total. The lowest BCUT2D eigenvalue weighted by Gasteiger charge is -2.08. The van der Waals surface area contributed by atoms with Crippen molar-refractivity contribution in [1.82, 2.24) is 14.0 Å². The van der Waals surface area contributed by atoms with E-state index in [9.17, 15) is 4.39 Å². The molecule has 0 atom stereocenters. The Morgan fingerprint density at radius 1 is 0.767 bits per heavy atom. The number of hydrogen-bond donors (Lipinski definition) is 0. The van der Waals surface area contributed by atoms with Gasteiger partial charge in [-0.25, -0.2) is 9.37 Å². The molecule has 5 rings (SSSR count). The van der Waals surface area contributed by atoms with Gasteiger partial charge in [0.2, 0.25) is 5.78 Å². The predicted molar refractivity (Wildman–Crippen MR) is 120 cm³/mol. The maximum atomic E-state index is 13.5. The molecule has 2 aromatic heterocycles. The SMILES string of the molecule is CCCn1c(-c2ccc(F)cc2)cn2c(-c3ccccc3)c(-c3ccccc3)nc12. The van der Waals surface area contributed by atoms with Crippen LogP contribution in [0.2, 0.25) is 0 Å². The fraction of sp³-hybridized carbons (Fsp3) is 0.115. The van der Waals surface area contributed by atoms with E-state index < -0.39 is 0 Å². The summed E-state index contributed by atoms with van der Waals surface area (Å²) in [5, 5.41) is 0. The third-order valence-corrected chi connectivity index (χ3v) is 5.36. The Kier molecular flexibility index (Phi) is 4.68. The molecule has 3 aromatic carbocycles. The average molecular weight is 395 g/mol. The van der Waals surface area contributed by atoms with Crippen LogP contribution in [0.25, 0.3) is 39.5 Å². The Morgan fingerprint density at radius 2 is 1.40 bits per heavy atom. The van der Waals surface area contributed by atoms with Gasteiger partial charge in [0.15, 0.2) is 0 Å². The van der Waals surface area contributed by atoms with E-state index in [1.54, 1.807) is 0 Å². The van der Waals surface area contributed by atoms with Crippen LogP contribution in [0.5, 0.6) is 0 Å². The second-order valence-electron chi connectivity index (χ2n) is 7.38. The van der Waals surface area contributed by atoms with Crippen LogP contribution < -0.4 is 0 Å². The standard InChI is InChI=1S/C26H22FN3/c1-2-17-29-23(19-13-15-22(27)16-14-19)18-30-25(21-11-7-4-8-12-21)24(28-26(29)30)20-9-5-3-6-10-20/h3-16,18H,2,17H2,1H3. The van der Waals surface area contributed by atoms with Crippen molar-refractivity contribution in [1.29, 1.82) is 0 Å². The molecule has 0 radical (unpaired) electrons. The monoisotopic (exact) mass is 395 g/mol. The summed E-state index contributed by atoms with van der Waals surface area (Å²) in [4.78, 5) is 5.09. The third-order valence-electron chi connectivity index (χ3n) is 5.36. The lowest BCUT2D eigenvalue weighted by Crippen LogP contribution is -2.00. The molecule has 148 valence electrons. The fourth-order valence-corrected chi connectivity index (χ4v) is 4.00. The molecule has 0 saturated carbocycles. The zero-order valence-corrected chi connectivity index (χ0v) is 16.8. The molecule has 2 heterocycles. The number of benzene rings is 3. The van der Waals surface area contributed by atoms with Crippen LogP contribution in [0.15, 0.2) is 91.1 Å². The first-order valence-electron chi connectivity index (χ1n) is 10.2. The van der Waals surface area contributed by atoms with Crippen molar-refractivity contribution in [3.05, 3.63) is 96.9 Å². The largest absolute Gasteiger partial charge is 0.310 e. The second-order valence-corrected chi connectivity index (χ2v) is 7.38. The van der Waals surface area contributed by atoms with E-state index in [4.69, 9.17) is 4.98 Å². The average Bonchev–Trinajstić information content (AvgIpc) is 3.33. The summed E-state index contributed by atoms with van der Waals surface area (Å²) in [5.41, 5.74) is 6.25. The molecular weight excluding hydrogens is 373 g/mol. The summed E-state index contributed by atoms with van der Waals surface area (Å²) in [6.45, 7) is 2.99. The Morgan fingerprint density at radius 3 is 2.03 bits per heavy atom. The van der Waals surface area contributed by atoms with Crippen LogP contribution in [0, 0.1) is 5.82 Å². The van der Waals surface area contributed by atoms with E-state index in [1.807, 2.05) is 48.5 Å². The van der Waals surface area contributed by atoms with Gasteiger partial charge in [0.05, 0.1) is 17.1 Å². The van der Waals surface area contributed by atoms with Gasteiger partial charge < -0.3 is 4.57 Å². The summed E-state index contributed by atoms with van der Waals surface area (Å²) in [6.07, 6.45) is 3.10. The van der Waals surface area contributed by atoms with Crippen molar-refractivity contribution in [2.24, 2.45) is 0 Å². The summed E-state index contributed by atoms with van der Waals surface area (Å²) in [7, 11) is 0. The lowest BCUT2D eigenvalue weighted by atomic mass is 10.0. The topological polar surface area (TPSA) is 22.2 Å². The van der Waals surface area contributed by atoms with Crippen LogP contribution in [0.4, 0.5) is 4.39 Å². The van der Waals surface area contributed by atoms with Gasteiger partial charge in [-0.05, 0) is 36.2 Å². The zero-order valence-electron chi connectivity index (χ0n) is 16.8. The minimum absolute atomic E-state index is 0.228. The van der Waals surface area contributed by atoms with Crippen molar-refractivity contribution < 1.29 is 4.39 Å². The molecule has 0 saturated heterocycles. The number of nitrogens with zero attached hydrogens (tertiary/aromatic N) is 3. The van der Waals surface area contributed by atoms with Crippen molar-refractivity contribution in [3.63, 3.8) is 0 Å². The van der Waals surface area contributed by atoms with E-state index in [0.29, 0.717) is 0 Å². The van der Waals surface area contributed by atoms with Gasteiger partial charge in [0, 0.05) is 23.9 Å². The van der Waals surface area contributed by atoms with Crippen LogP contribution in [-0.4, -0.2) is 14.0 Å². The zero-order chi connectivity index (χ0) is 20.5. The molecule has 0 bridgehead atoms. The molecule has 30 heavy (non-hydrogen) atoms. The van der Waals surface area contributed by atoms with Crippen LogP contribution in [-0.2, 0) is 6.54 Å². The van der Waals surface area contributed by atoms with Crippen molar-refractivity contribution in [2.45, 2.75) is 19.9 Å². The highest BCUT2D eigenvalue weighted by molar-refractivity contribution is 5.82. The summed E-state index contributed by atoms with van der Waals surface area (Å²) >= 11 is 0. The smallest absolute Gasteiger partial charge is 0.215 e. The molecule has 0 aliphatic carbocycles. The number of aryl methyl sites for hydroxylation is 1. The maximum absolute atomic E-state index is 13.5. The number of hydrogen-bond acceptors (Lipinski definition) is 1. The first kappa shape index (κ1) is 18.4. The van der Waals surface area contributed by atoms with E-state index in [0.717, 1.165) is 52.5 Å². The highest BCUT2D eigenvalue weighted by atomic mass is 19.1. The molecule has 3 nitrogen and oxygen atoms in total. The second kappa shape index (κ2) is 7.64.